The van der Waals surface area contributed by atoms with Crippen molar-refractivity contribution in [3.63, 3.8) is 0 Å². The largest absolute Gasteiger partial charge is 0.494 e. The normalized spacial score (nSPS) is 9.10. The molecule has 0 saturated heterocycles. The summed E-state index contributed by atoms with van der Waals surface area (Å²) in [5.41, 5.74) is 1.45. The van der Waals surface area contributed by atoms with Crippen molar-refractivity contribution in [3.05, 3.63) is 65.7 Å². The van der Waals surface area contributed by atoms with Crippen LogP contribution in [-0.4, -0.2) is 18.7 Å². The van der Waals surface area contributed by atoms with Gasteiger partial charge in [-0.3, -0.25) is 9.59 Å². The zero-order valence-electron chi connectivity index (χ0n) is 11.7. The van der Waals surface area contributed by atoms with Gasteiger partial charge in [-0.15, -0.1) is 0 Å². The number of benzene rings is 2. The molecule has 0 fully saturated rings. The molecule has 2 rings (SSSR count). The minimum atomic E-state index is 0.121. The second-order valence-corrected chi connectivity index (χ2v) is 4.04. The predicted molar refractivity (Wildman–Crippen MR) is 79.4 cm³/mol. The van der Waals surface area contributed by atoms with Gasteiger partial charge in [0.25, 0.3) is 0 Å². The molecule has 0 amide bonds. The van der Waals surface area contributed by atoms with Gasteiger partial charge in [-0.05, 0) is 38.1 Å². The zero-order chi connectivity index (χ0) is 14.8. The minimum absolute atomic E-state index is 0.121. The van der Waals surface area contributed by atoms with E-state index in [1.54, 1.807) is 31.2 Å². The Hall–Kier alpha value is -2.42. The summed E-state index contributed by atoms with van der Waals surface area (Å²) in [5.74, 6) is 0.925. The van der Waals surface area contributed by atoms with Gasteiger partial charge in [-0.1, -0.05) is 30.3 Å². The first-order valence-corrected chi connectivity index (χ1v) is 6.41. The van der Waals surface area contributed by atoms with Crippen LogP contribution in [0.2, 0.25) is 0 Å². The molecule has 3 heteroatoms. The summed E-state index contributed by atoms with van der Waals surface area (Å²) in [5, 5.41) is 0. The fourth-order valence-electron chi connectivity index (χ4n) is 1.48. The average molecular weight is 270 g/mol. The molecule has 0 saturated carbocycles. The maximum atomic E-state index is 10.6. The van der Waals surface area contributed by atoms with Crippen LogP contribution in [0.3, 0.4) is 0 Å². The second kappa shape index (κ2) is 8.64. The first-order valence-electron chi connectivity index (χ1n) is 6.41. The smallest absolute Gasteiger partial charge is 0.159 e. The lowest BCUT2D eigenvalue weighted by Gasteiger charge is -2.00. The van der Waals surface area contributed by atoms with Crippen LogP contribution in [0.25, 0.3) is 0 Å². The molecule has 0 aromatic heterocycles. The molecule has 0 atom stereocenters. The minimum Gasteiger partial charge on any atom is -0.494 e. The Morgan fingerprint density at radius 3 is 2.05 bits per heavy atom. The number of Topliss-reactive ketones (excluding diaryl/α,β-unsaturated/α-hetero) is 1. The van der Waals surface area contributed by atoms with E-state index in [-0.39, 0.29) is 5.78 Å². The van der Waals surface area contributed by atoms with Gasteiger partial charge in [0.05, 0.1) is 6.61 Å². The third kappa shape index (κ3) is 5.48. The standard InChI is InChI=1S/C9H10O2.C8H8O/c1-2-11-9-5-3-8(7-10)4-6-9;1-7(9)8-5-3-2-4-6-8/h3-7H,2H2,1H3;2-6H,1H3. The molecular formula is C17H18O3. The van der Waals surface area contributed by atoms with Gasteiger partial charge < -0.3 is 4.74 Å². The number of carbonyl (C=O) groups is 2. The molecular weight excluding hydrogens is 252 g/mol. The van der Waals surface area contributed by atoms with E-state index in [2.05, 4.69) is 0 Å². The molecule has 0 bridgehead atoms. The lowest BCUT2D eigenvalue weighted by molar-refractivity contribution is 0.101. The predicted octanol–water partition coefficient (Wildman–Crippen LogP) is 3.79. The van der Waals surface area contributed by atoms with Crippen LogP contribution in [0.4, 0.5) is 0 Å². The summed E-state index contributed by atoms with van der Waals surface area (Å²) in [6.07, 6.45) is 0.815. The van der Waals surface area contributed by atoms with E-state index in [9.17, 15) is 9.59 Å². The van der Waals surface area contributed by atoms with E-state index in [0.29, 0.717) is 12.2 Å². The van der Waals surface area contributed by atoms with Gasteiger partial charge in [0.2, 0.25) is 0 Å². The Balaban J connectivity index is 0.000000204. The van der Waals surface area contributed by atoms with Crippen LogP contribution in [-0.2, 0) is 0 Å². The van der Waals surface area contributed by atoms with E-state index >= 15 is 0 Å². The Bertz CT molecular complexity index is 530. The van der Waals surface area contributed by atoms with Crippen molar-refractivity contribution in [1.82, 2.24) is 0 Å². The number of rotatable bonds is 4. The van der Waals surface area contributed by atoms with E-state index in [1.165, 1.54) is 0 Å². The monoisotopic (exact) mass is 270 g/mol. The quantitative estimate of drug-likeness (QED) is 0.627. The second-order valence-electron chi connectivity index (χ2n) is 4.04. The topological polar surface area (TPSA) is 43.4 Å². The lowest BCUT2D eigenvalue weighted by atomic mass is 10.2. The molecule has 0 aliphatic heterocycles. The number of aldehydes is 1. The van der Waals surface area contributed by atoms with Crippen LogP contribution in [0.1, 0.15) is 34.6 Å². The zero-order valence-corrected chi connectivity index (χ0v) is 11.7. The molecule has 2 aromatic carbocycles. The van der Waals surface area contributed by atoms with E-state index in [4.69, 9.17) is 4.74 Å². The molecule has 104 valence electrons. The maximum Gasteiger partial charge on any atom is 0.159 e. The van der Waals surface area contributed by atoms with Crippen LogP contribution < -0.4 is 4.74 Å². The summed E-state index contributed by atoms with van der Waals surface area (Å²) in [6.45, 7) is 4.14. The number of ketones is 1. The summed E-state index contributed by atoms with van der Waals surface area (Å²) in [7, 11) is 0. The van der Waals surface area contributed by atoms with Gasteiger partial charge >= 0.3 is 0 Å². The molecule has 2 aromatic rings. The summed E-state index contributed by atoms with van der Waals surface area (Å²) < 4.78 is 5.19. The van der Waals surface area contributed by atoms with Crippen LogP contribution in [0, 0.1) is 0 Å². The summed E-state index contributed by atoms with van der Waals surface area (Å²) >= 11 is 0. The molecule has 0 aliphatic carbocycles. The van der Waals surface area contributed by atoms with Crippen molar-refractivity contribution in [2.75, 3.05) is 6.61 Å². The third-order valence-corrected chi connectivity index (χ3v) is 2.51. The SMILES string of the molecule is CC(=O)c1ccccc1.CCOc1ccc(C=O)cc1. The average Bonchev–Trinajstić information content (AvgIpc) is 2.50. The molecule has 0 spiro atoms. The number of hydrogen-bond acceptors (Lipinski definition) is 3. The van der Waals surface area contributed by atoms with E-state index in [1.807, 2.05) is 37.3 Å². The van der Waals surface area contributed by atoms with Crippen molar-refractivity contribution in [2.45, 2.75) is 13.8 Å². The van der Waals surface area contributed by atoms with Crippen LogP contribution in [0.15, 0.2) is 54.6 Å². The van der Waals surface area contributed by atoms with E-state index < -0.39 is 0 Å². The third-order valence-electron chi connectivity index (χ3n) is 2.51. The number of carbonyl (C=O) groups excluding carboxylic acids is 2. The summed E-state index contributed by atoms with van der Waals surface area (Å²) in [4.78, 5) is 20.9. The maximum absolute atomic E-state index is 10.6. The van der Waals surface area contributed by atoms with E-state index in [0.717, 1.165) is 17.6 Å². The highest BCUT2D eigenvalue weighted by atomic mass is 16.5. The van der Waals surface area contributed by atoms with Crippen molar-refractivity contribution in [3.8, 4) is 5.75 Å². The van der Waals surface area contributed by atoms with Crippen molar-refractivity contribution < 1.29 is 14.3 Å². The molecule has 20 heavy (non-hydrogen) atoms. The molecule has 0 unspecified atom stereocenters. The highest BCUT2D eigenvalue weighted by Gasteiger charge is 1.93. The number of hydrogen-bond donors (Lipinski definition) is 0. The first kappa shape index (κ1) is 15.6. The summed E-state index contributed by atoms with van der Waals surface area (Å²) in [6, 6.07) is 16.3. The number of ether oxygens (including phenoxy) is 1. The fourth-order valence-corrected chi connectivity index (χ4v) is 1.48. The lowest BCUT2D eigenvalue weighted by Crippen LogP contribution is -1.90. The van der Waals surface area contributed by atoms with Crippen LogP contribution in [0.5, 0.6) is 5.75 Å². The van der Waals surface area contributed by atoms with Gasteiger partial charge in [-0.25, -0.2) is 0 Å². The highest BCUT2D eigenvalue weighted by Crippen LogP contribution is 2.10. The molecule has 0 aliphatic rings. The first-order chi connectivity index (χ1) is 9.67. The van der Waals surface area contributed by atoms with Gasteiger partial charge in [0.1, 0.15) is 12.0 Å². The Kier molecular flexibility index (Phi) is 6.76. The van der Waals surface area contributed by atoms with Crippen molar-refractivity contribution in [2.24, 2.45) is 0 Å². The molecule has 3 nitrogen and oxygen atoms in total. The molecule has 0 radical (unpaired) electrons. The van der Waals surface area contributed by atoms with Gasteiger partial charge in [0.15, 0.2) is 5.78 Å². The Labute approximate surface area is 119 Å². The van der Waals surface area contributed by atoms with Crippen molar-refractivity contribution in [1.29, 1.82) is 0 Å². The Morgan fingerprint density at radius 1 is 1.05 bits per heavy atom. The van der Waals surface area contributed by atoms with Crippen LogP contribution >= 0.6 is 0 Å². The van der Waals surface area contributed by atoms with Gasteiger partial charge in [-0.2, -0.15) is 0 Å². The molecule has 0 N–H and O–H groups in total. The van der Waals surface area contributed by atoms with Crippen molar-refractivity contribution >= 4 is 12.1 Å². The fraction of sp³-hybridized carbons (Fsp3) is 0.176. The molecule has 0 heterocycles. The highest BCUT2D eigenvalue weighted by molar-refractivity contribution is 5.93. The Morgan fingerprint density at radius 2 is 1.65 bits per heavy atom. The van der Waals surface area contributed by atoms with Gasteiger partial charge in [0, 0.05) is 11.1 Å².